The first kappa shape index (κ1) is 10.7. The fourth-order valence-electron chi connectivity index (χ4n) is 2.34. The van der Waals surface area contributed by atoms with Crippen LogP contribution >= 0.6 is 0 Å². The van der Waals surface area contributed by atoms with Crippen LogP contribution in [0.25, 0.3) is 0 Å². The van der Waals surface area contributed by atoms with E-state index in [1.54, 1.807) is 11.1 Å². The second-order valence-electron chi connectivity index (χ2n) is 5.11. The Bertz CT molecular complexity index is 352. The van der Waals surface area contributed by atoms with Crippen molar-refractivity contribution in [1.29, 1.82) is 0 Å². The Morgan fingerprint density at radius 3 is 2.87 bits per heavy atom. The molecule has 0 saturated carbocycles. The molecule has 1 aliphatic heterocycles. The SMILES string of the molecule is CCC(C)(C)c1cccc2c1CNCC2. The molecule has 15 heavy (non-hydrogen) atoms. The first-order valence-corrected chi connectivity index (χ1v) is 5.97. The topological polar surface area (TPSA) is 12.0 Å². The van der Waals surface area contributed by atoms with Crippen molar-refractivity contribution in [2.24, 2.45) is 0 Å². The van der Waals surface area contributed by atoms with Gasteiger partial charge >= 0.3 is 0 Å². The van der Waals surface area contributed by atoms with Crippen LogP contribution in [0, 0.1) is 0 Å². The Morgan fingerprint density at radius 1 is 1.33 bits per heavy atom. The molecule has 0 amide bonds. The minimum Gasteiger partial charge on any atom is -0.312 e. The van der Waals surface area contributed by atoms with Gasteiger partial charge in [0.15, 0.2) is 0 Å². The third kappa shape index (κ3) is 1.93. The highest BCUT2D eigenvalue weighted by Gasteiger charge is 2.23. The molecule has 1 nitrogen and oxygen atoms in total. The van der Waals surface area contributed by atoms with Crippen molar-refractivity contribution in [3.8, 4) is 0 Å². The van der Waals surface area contributed by atoms with Crippen LogP contribution in [0.5, 0.6) is 0 Å². The van der Waals surface area contributed by atoms with E-state index in [0.29, 0.717) is 5.41 Å². The van der Waals surface area contributed by atoms with E-state index in [1.165, 1.54) is 18.4 Å². The standard InChI is InChI=1S/C14H21N/c1-4-14(2,3)13-7-5-6-11-8-9-15-10-12(11)13/h5-7,15H,4,8-10H2,1-3H3. The highest BCUT2D eigenvalue weighted by molar-refractivity contribution is 5.40. The number of benzene rings is 1. The Kier molecular flexibility index (Phi) is 2.83. The minimum absolute atomic E-state index is 0.310. The van der Waals surface area contributed by atoms with Crippen molar-refractivity contribution < 1.29 is 0 Å². The van der Waals surface area contributed by atoms with Crippen LogP contribution in [0.2, 0.25) is 0 Å². The van der Waals surface area contributed by atoms with Crippen molar-refractivity contribution in [2.45, 2.75) is 45.6 Å². The molecular formula is C14H21N. The van der Waals surface area contributed by atoms with Gasteiger partial charge in [-0.1, -0.05) is 39.0 Å². The molecule has 0 atom stereocenters. The molecular weight excluding hydrogens is 182 g/mol. The largest absolute Gasteiger partial charge is 0.312 e. The van der Waals surface area contributed by atoms with Crippen LogP contribution in [-0.2, 0) is 18.4 Å². The lowest BCUT2D eigenvalue weighted by atomic mass is 9.77. The Morgan fingerprint density at radius 2 is 2.13 bits per heavy atom. The quantitative estimate of drug-likeness (QED) is 0.779. The van der Waals surface area contributed by atoms with Gasteiger partial charge in [0.1, 0.15) is 0 Å². The molecule has 0 aromatic heterocycles. The van der Waals surface area contributed by atoms with Gasteiger partial charge in [0.2, 0.25) is 0 Å². The van der Waals surface area contributed by atoms with E-state index in [9.17, 15) is 0 Å². The van der Waals surface area contributed by atoms with E-state index in [1.807, 2.05) is 0 Å². The zero-order valence-electron chi connectivity index (χ0n) is 10.1. The molecule has 0 unspecified atom stereocenters. The van der Waals surface area contributed by atoms with Gasteiger partial charge in [-0.25, -0.2) is 0 Å². The van der Waals surface area contributed by atoms with Gasteiger partial charge in [-0.05, 0) is 41.5 Å². The third-order valence-electron chi connectivity index (χ3n) is 3.76. The molecule has 0 aliphatic carbocycles. The molecule has 1 aromatic rings. The second kappa shape index (κ2) is 3.97. The fraction of sp³-hybridized carbons (Fsp3) is 0.571. The van der Waals surface area contributed by atoms with Gasteiger partial charge in [0.25, 0.3) is 0 Å². The van der Waals surface area contributed by atoms with Gasteiger partial charge in [-0.15, -0.1) is 0 Å². The lowest BCUT2D eigenvalue weighted by Crippen LogP contribution is -2.28. The summed E-state index contributed by atoms with van der Waals surface area (Å²) in [6.45, 7) is 9.14. The van der Waals surface area contributed by atoms with Crippen molar-refractivity contribution >= 4 is 0 Å². The van der Waals surface area contributed by atoms with E-state index < -0.39 is 0 Å². The molecule has 0 spiro atoms. The van der Waals surface area contributed by atoms with Crippen LogP contribution in [0.15, 0.2) is 18.2 Å². The average molecular weight is 203 g/mol. The number of hydrogen-bond acceptors (Lipinski definition) is 1. The molecule has 0 fully saturated rings. The molecule has 0 saturated heterocycles. The van der Waals surface area contributed by atoms with Gasteiger partial charge < -0.3 is 5.32 Å². The van der Waals surface area contributed by atoms with E-state index >= 15 is 0 Å². The molecule has 0 bridgehead atoms. The summed E-state index contributed by atoms with van der Waals surface area (Å²) in [7, 11) is 0. The van der Waals surface area contributed by atoms with Gasteiger partial charge in [-0.2, -0.15) is 0 Å². The lowest BCUT2D eigenvalue weighted by molar-refractivity contribution is 0.492. The van der Waals surface area contributed by atoms with E-state index in [0.717, 1.165) is 13.1 Å². The van der Waals surface area contributed by atoms with Crippen molar-refractivity contribution in [2.75, 3.05) is 6.54 Å². The molecule has 1 heterocycles. The van der Waals surface area contributed by atoms with E-state index in [4.69, 9.17) is 0 Å². The Hall–Kier alpha value is -0.820. The summed E-state index contributed by atoms with van der Waals surface area (Å²) in [5.74, 6) is 0. The second-order valence-corrected chi connectivity index (χ2v) is 5.11. The zero-order chi connectivity index (χ0) is 10.9. The summed E-state index contributed by atoms with van der Waals surface area (Å²) in [6, 6.07) is 6.80. The van der Waals surface area contributed by atoms with E-state index in [2.05, 4.69) is 44.3 Å². The Labute approximate surface area is 92.9 Å². The zero-order valence-corrected chi connectivity index (χ0v) is 10.1. The number of fused-ring (bicyclic) bond motifs is 1. The highest BCUT2D eigenvalue weighted by atomic mass is 14.9. The Balaban J connectivity index is 2.48. The summed E-state index contributed by atoms with van der Waals surface area (Å²) in [6.07, 6.45) is 2.38. The number of nitrogens with one attached hydrogen (secondary N) is 1. The summed E-state index contributed by atoms with van der Waals surface area (Å²) in [4.78, 5) is 0. The maximum absolute atomic E-state index is 3.48. The third-order valence-corrected chi connectivity index (χ3v) is 3.76. The predicted molar refractivity (Wildman–Crippen MR) is 65.2 cm³/mol. The molecule has 1 aliphatic rings. The van der Waals surface area contributed by atoms with Crippen LogP contribution in [0.3, 0.4) is 0 Å². The van der Waals surface area contributed by atoms with Crippen LogP contribution in [0.1, 0.15) is 43.9 Å². The van der Waals surface area contributed by atoms with Gasteiger partial charge in [0, 0.05) is 6.54 Å². The first-order valence-electron chi connectivity index (χ1n) is 5.97. The molecule has 2 rings (SSSR count). The molecule has 0 radical (unpaired) electrons. The van der Waals surface area contributed by atoms with Crippen molar-refractivity contribution in [1.82, 2.24) is 5.32 Å². The van der Waals surface area contributed by atoms with Crippen LogP contribution in [0.4, 0.5) is 0 Å². The number of rotatable bonds is 2. The summed E-state index contributed by atoms with van der Waals surface area (Å²) < 4.78 is 0. The summed E-state index contributed by atoms with van der Waals surface area (Å²) >= 11 is 0. The highest BCUT2D eigenvalue weighted by Crippen LogP contribution is 2.32. The van der Waals surface area contributed by atoms with Gasteiger partial charge in [0.05, 0.1) is 0 Å². The lowest BCUT2D eigenvalue weighted by Gasteiger charge is -2.30. The van der Waals surface area contributed by atoms with Crippen LogP contribution < -0.4 is 5.32 Å². The van der Waals surface area contributed by atoms with E-state index in [-0.39, 0.29) is 0 Å². The number of hydrogen-bond donors (Lipinski definition) is 1. The average Bonchev–Trinajstić information content (AvgIpc) is 2.28. The van der Waals surface area contributed by atoms with Gasteiger partial charge in [-0.3, -0.25) is 0 Å². The smallest absolute Gasteiger partial charge is 0.0211 e. The van der Waals surface area contributed by atoms with Crippen molar-refractivity contribution in [3.05, 3.63) is 34.9 Å². The maximum atomic E-state index is 3.48. The summed E-state index contributed by atoms with van der Waals surface area (Å²) in [5.41, 5.74) is 4.95. The molecule has 82 valence electrons. The minimum atomic E-state index is 0.310. The molecule has 1 N–H and O–H groups in total. The molecule has 1 heteroatoms. The summed E-state index contributed by atoms with van der Waals surface area (Å²) in [5, 5.41) is 3.48. The monoisotopic (exact) mass is 203 g/mol. The fourth-order valence-corrected chi connectivity index (χ4v) is 2.34. The van der Waals surface area contributed by atoms with Crippen LogP contribution in [-0.4, -0.2) is 6.54 Å². The van der Waals surface area contributed by atoms with Crippen molar-refractivity contribution in [3.63, 3.8) is 0 Å². The maximum Gasteiger partial charge on any atom is 0.0211 e. The predicted octanol–water partition coefficient (Wildman–Crippen LogP) is 3.02. The molecule has 1 aromatic carbocycles. The normalized spacial score (nSPS) is 16.2. The first-order chi connectivity index (χ1) is 7.15.